The van der Waals surface area contributed by atoms with Gasteiger partial charge in [0.1, 0.15) is 0 Å². The van der Waals surface area contributed by atoms with Gasteiger partial charge >= 0.3 is 0 Å². The Morgan fingerprint density at radius 2 is 1.81 bits per heavy atom. The van der Waals surface area contributed by atoms with E-state index in [-0.39, 0.29) is 0 Å². The summed E-state index contributed by atoms with van der Waals surface area (Å²) in [4.78, 5) is 8.31. The molecule has 1 saturated carbocycles. The molecule has 0 radical (unpaired) electrons. The first-order valence-corrected chi connectivity index (χ1v) is 11.5. The Balaban J connectivity index is 1.15. The molecule has 3 aliphatic heterocycles. The van der Waals surface area contributed by atoms with Gasteiger partial charge in [-0.1, -0.05) is 12.1 Å². The average Bonchev–Trinajstić information content (AvgIpc) is 3.41. The second kappa shape index (κ2) is 7.40. The van der Waals surface area contributed by atoms with Crippen molar-refractivity contribution in [2.75, 3.05) is 50.7 Å². The molecule has 4 aliphatic rings. The molecular formula is C24H37N3. The summed E-state index contributed by atoms with van der Waals surface area (Å²) in [7, 11) is 0. The summed E-state index contributed by atoms with van der Waals surface area (Å²) >= 11 is 0. The number of nitrogens with zero attached hydrogens (tertiary/aromatic N) is 3. The summed E-state index contributed by atoms with van der Waals surface area (Å²) in [5, 5.41) is 0. The molecular weight excluding hydrogens is 330 g/mol. The second-order valence-electron chi connectivity index (χ2n) is 10.1. The van der Waals surface area contributed by atoms with Crippen molar-refractivity contribution in [1.82, 2.24) is 9.80 Å². The molecule has 0 N–H and O–H groups in total. The summed E-state index contributed by atoms with van der Waals surface area (Å²) in [6, 6.07) is 9.87. The Labute approximate surface area is 165 Å². The van der Waals surface area contributed by atoms with Gasteiger partial charge in [0.2, 0.25) is 0 Å². The Morgan fingerprint density at radius 1 is 0.963 bits per heavy atom. The van der Waals surface area contributed by atoms with Crippen molar-refractivity contribution in [3.05, 3.63) is 29.8 Å². The minimum Gasteiger partial charge on any atom is -0.371 e. The van der Waals surface area contributed by atoms with Gasteiger partial charge in [0.05, 0.1) is 0 Å². The molecule has 1 aliphatic carbocycles. The van der Waals surface area contributed by atoms with Gasteiger partial charge in [-0.2, -0.15) is 0 Å². The first-order chi connectivity index (χ1) is 13.2. The molecule has 0 bridgehead atoms. The maximum Gasteiger partial charge on any atom is 0.0368 e. The molecule has 148 valence electrons. The van der Waals surface area contributed by atoms with E-state index in [4.69, 9.17) is 0 Å². The molecule has 1 spiro atoms. The molecule has 5 rings (SSSR count). The molecule has 3 nitrogen and oxygen atoms in total. The highest BCUT2D eigenvalue weighted by atomic mass is 15.2. The van der Waals surface area contributed by atoms with E-state index in [1.54, 1.807) is 0 Å². The first-order valence-electron chi connectivity index (χ1n) is 11.5. The summed E-state index contributed by atoms with van der Waals surface area (Å²) in [6.45, 7) is 11.6. The molecule has 0 aromatic heterocycles. The SMILES string of the molecule is Cc1cccc(N2CCC(N3CCC4(CCCN(CC5CC5)C4)C3)CC2)c1. The number of hydrogen-bond donors (Lipinski definition) is 0. The van der Waals surface area contributed by atoms with Gasteiger partial charge in [-0.25, -0.2) is 0 Å². The van der Waals surface area contributed by atoms with E-state index >= 15 is 0 Å². The molecule has 1 aromatic rings. The lowest BCUT2D eigenvalue weighted by molar-refractivity contribution is 0.0805. The Hall–Kier alpha value is -1.06. The van der Waals surface area contributed by atoms with Gasteiger partial charge in [0.15, 0.2) is 0 Å². The van der Waals surface area contributed by atoms with Crippen molar-refractivity contribution < 1.29 is 0 Å². The van der Waals surface area contributed by atoms with E-state index in [2.05, 4.69) is 45.9 Å². The largest absolute Gasteiger partial charge is 0.371 e. The van der Waals surface area contributed by atoms with Gasteiger partial charge in [0.25, 0.3) is 0 Å². The lowest BCUT2D eigenvalue weighted by Crippen LogP contribution is -2.48. The smallest absolute Gasteiger partial charge is 0.0368 e. The molecule has 1 unspecified atom stereocenters. The van der Waals surface area contributed by atoms with Crippen molar-refractivity contribution in [1.29, 1.82) is 0 Å². The third-order valence-corrected chi connectivity index (χ3v) is 7.77. The normalized spacial score (nSPS) is 31.1. The number of hydrogen-bond acceptors (Lipinski definition) is 3. The van der Waals surface area contributed by atoms with Gasteiger partial charge in [0, 0.05) is 44.5 Å². The number of aryl methyl sites for hydroxylation is 1. The first kappa shape index (κ1) is 18.0. The number of likely N-dealkylation sites (tertiary alicyclic amines) is 2. The number of piperidine rings is 2. The zero-order valence-electron chi connectivity index (χ0n) is 17.2. The van der Waals surface area contributed by atoms with Crippen LogP contribution < -0.4 is 4.90 Å². The second-order valence-corrected chi connectivity index (χ2v) is 10.1. The lowest BCUT2D eigenvalue weighted by Gasteiger charge is -2.42. The van der Waals surface area contributed by atoms with Gasteiger partial charge in [-0.3, -0.25) is 4.90 Å². The van der Waals surface area contributed by atoms with Crippen LogP contribution in [0.2, 0.25) is 0 Å². The van der Waals surface area contributed by atoms with Crippen LogP contribution in [-0.4, -0.2) is 61.7 Å². The maximum atomic E-state index is 2.88. The van der Waals surface area contributed by atoms with E-state index in [0.29, 0.717) is 5.41 Å². The fraction of sp³-hybridized carbons (Fsp3) is 0.750. The highest BCUT2D eigenvalue weighted by molar-refractivity contribution is 5.48. The molecule has 0 amide bonds. The van der Waals surface area contributed by atoms with E-state index in [1.807, 2.05) is 0 Å². The van der Waals surface area contributed by atoms with E-state index in [0.717, 1.165) is 12.0 Å². The van der Waals surface area contributed by atoms with E-state index in [9.17, 15) is 0 Å². The van der Waals surface area contributed by atoms with Crippen LogP contribution in [0, 0.1) is 18.3 Å². The van der Waals surface area contributed by atoms with Crippen molar-refractivity contribution in [2.45, 2.75) is 57.9 Å². The van der Waals surface area contributed by atoms with Crippen LogP contribution in [0.5, 0.6) is 0 Å². The fourth-order valence-electron chi connectivity index (χ4n) is 6.06. The van der Waals surface area contributed by atoms with Crippen molar-refractivity contribution >= 4 is 5.69 Å². The average molecular weight is 368 g/mol. The molecule has 3 saturated heterocycles. The summed E-state index contributed by atoms with van der Waals surface area (Å²) < 4.78 is 0. The Kier molecular flexibility index (Phi) is 4.94. The van der Waals surface area contributed by atoms with Crippen molar-refractivity contribution in [3.8, 4) is 0 Å². The molecule has 27 heavy (non-hydrogen) atoms. The molecule has 1 atom stereocenters. The molecule has 1 aromatic carbocycles. The predicted octanol–water partition coefficient (Wildman–Crippen LogP) is 4.16. The monoisotopic (exact) mass is 367 g/mol. The van der Waals surface area contributed by atoms with Crippen LogP contribution in [-0.2, 0) is 0 Å². The zero-order chi connectivity index (χ0) is 18.3. The van der Waals surface area contributed by atoms with Gasteiger partial charge < -0.3 is 9.80 Å². The fourth-order valence-corrected chi connectivity index (χ4v) is 6.06. The number of rotatable bonds is 4. The summed E-state index contributed by atoms with van der Waals surface area (Å²) in [5.74, 6) is 1.05. The number of anilines is 1. The van der Waals surface area contributed by atoms with Crippen LogP contribution >= 0.6 is 0 Å². The highest BCUT2D eigenvalue weighted by Gasteiger charge is 2.44. The third kappa shape index (κ3) is 4.05. The summed E-state index contributed by atoms with van der Waals surface area (Å²) in [5.41, 5.74) is 3.43. The summed E-state index contributed by atoms with van der Waals surface area (Å²) in [6.07, 6.45) is 10.0. The van der Waals surface area contributed by atoms with Crippen LogP contribution in [0.25, 0.3) is 0 Å². The molecule has 3 heterocycles. The highest BCUT2D eigenvalue weighted by Crippen LogP contribution is 2.42. The zero-order valence-corrected chi connectivity index (χ0v) is 17.2. The van der Waals surface area contributed by atoms with E-state index in [1.165, 1.54) is 102 Å². The molecule has 4 fully saturated rings. The standard InChI is InChI=1S/C24H37N3/c1-20-4-2-5-23(16-20)26-13-8-22(9-14-26)27-15-11-24(19-27)10-3-12-25(18-24)17-21-6-7-21/h2,4-5,16,21-22H,3,6-15,17-19H2,1H3. The van der Waals surface area contributed by atoms with Crippen molar-refractivity contribution in [3.63, 3.8) is 0 Å². The van der Waals surface area contributed by atoms with Crippen LogP contribution in [0.3, 0.4) is 0 Å². The van der Waals surface area contributed by atoms with Crippen LogP contribution in [0.4, 0.5) is 5.69 Å². The van der Waals surface area contributed by atoms with Crippen LogP contribution in [0.15, 0.2) is 24.3 Å². The van der Waals surface area contributed by atoms with E-state index < -0.39 is 0 Å². The number of benzene rings is 1. The minimum atomic E-state index is 0.626. The van der Waals surface area contributed by atoms with Gasteiger partial charge in [-0.15, -0.1) is 0 Å². The van der Waals surface area contributed by atoms with Gasteiger partial charge in [-0.05, 0) is 94.0 Å². The molecule has 3 heteroatoms. The third-order valence-electron chi connectivity index (χ3n) is 7.77. The maximum absolute atomic E-state index is 2.88. The predicted molar refractivity (Wildman–Crippen MR) is 113 cm³/mol. The van der Waals surface area contributed by atoms with Crippen molar-refractivity contribution in [2.24, 2.45) is 11.3 Å². The Bertz CT molecular complexity index is 647. The van der Waals surface area contributed by atoms with Crippen LogP contribution in [0.1, 0.15) is 50.5 Å². The quantitative estimate of drug-likeness (QED) is 0.791. The topological polar surface area (TPSA) is 9.72 Å². The minimum absolute atomic E-state index is 0.626. The Morgan fingerprint density at radius 3 is 2.59 bits per heavy atom. The lowest BCUT2D eigenvalue weighted by atomic mass is 9.79.